The largest absolute Gasteiger partial charge is 0.497 e. The first kappa shape index (κ1) is 21.3. The smallest absolute Gasteiger partial charge is 0.166 e. The van der Waals surface area contributed by atoms with Crippen LogP contribution in [0.2, 0.25) is 0 Å². The van der Waals surface area contributed by atoms with Gasteiger partial charge in [-0.05, 0) is 18.1 Å². The molecule has 2 unspecified atom stereocenters. The fourth-order valence-electron chi connectivity index (χ4n) is 3.10. The van der Waals surface area contributed by atoms with Gasteiger partial charge in [-0.15, -0.1) is 8.58 Å². The lowest BCUT2D eigenvalue weighted by molar-refractivity contribution is 0.276. The molecule has 0 heterocycles. The number of hydrogen-bond donors (Lipinski definition) is 0. The SMILES string of the molecule is CCCC(C)(PCI)c1cc(OC)cc(OC)c1OCc1ccccc1. The minimum atomic E-state index is 0.0454. The van der Waals surface area contributed by atoms with Gasteiger partial charge >= 0.3 is 0 Å². The molecule has 0 bridgehead atoms. The fraction of sp³-hybridized carbons (Fsp3) is 0.429. The molecule has 3 nitrogen and oxygen atoms in total. The molecule has 0 aliphatic heterocycles. The molecule has 0 amide bonds. The summed E-state index contributed by atoms with van der Waals surface area (Å²) in [6, 6.07) is 14.3. The first-order valence-corrected chi connectivity index (χ1v) is 11.6. The third-order valence-corrected chi connectivity index (χ3v) is 7.09. The summed E-state index contributed by atoms with van der Waals surface area (Å²) in [5, 5.41) is 0.0454. The van der Waals surface area contributed by atoms with Crippen molar-refractivity contribution in [2.24, 2.45) is 0 Å². The van der Waals surface area contributed by atoms with Crippen molar-refractivity contribution in [2.75, 3.05) is 18.4 Å². The molecule has 0 saturated carbocycles. The molecule has 0 aliphatic rings. The molecule has 2 aromatic carbocycles. The van der Waals surface area contributed by atoms with Crippen molar-refractivity contribution in [3.63, 3.8) is 0 Å². The molecule has 0 saturated heterocycles. The Morgan fingerprint density at radius 1 is 1.08 bits per heavy atom. The van der Waals surface area contributed by atoms with Crippen LogP contribution < -0.4 is 14.2 Å². The molecule has 26 heavy (non-hydrogen) atoms. The number of hydrogen-bond acceptors (Lipinski definition) is 3. The third-order valence-electron chi connectivity index (χ3n) is 4.51. The maximum Gasteiger partial charge on any atom is 0.166 e. The molecule has 2 rings (SSSR count). The van der Waals surface area contributed by atoms with E-state index in [0.717, 1.165) is 48.4 Å². The lowest BCUT2D eigenvalue weighted by Crippen LogP contribution is -2.18. The zero-order valence-electron chi connectivity index (χ0n) is 16.0. The Bertz CT molecular complexity index is 685. The average Bonchev–Trinajstić information content (AvgIpc) is 2.66. The van der Waals surface area contributed by atoms with E-state index < -0.39 is 0 Å². The van der Waals surface area contributed by atoms with E-state index in [1.807, 2.05) is 24.3 Å². The summed E-state index contributed by atoms with van der Waals surface area (Å²) in [5.41, 5.74) is 2.33. The second-order valence-corrected chi connectivity index (χ2v) is 10.4. The first-order valence-electron chi connectivity index (χ1n) is 8.82. The van der Waals surface area contributed by atoms with Gasteiger partial charge in [-0.2, -0.15) is 0 Å². The van der Waals surface area contributed by atoms with Crippen LogP contribution in [0.25, 0.3) is 0 Å². The average molecular weight is 486 g/mol. The summed E-state index contributed by atoms with van der Waals surface area (Å²) in [6.07, 6.45) is 2.23. The minimum Gasteiger partial charge on any atom is -0.497 e. The van der Waals surface area contributed by atoms with E-state index in [4.69, 9.17) is 14.2 Å². The highest BCUT2D eigenvalue weighted by atomic mass is 127. The number of alkyl halides is 1. The lowest BCUT2D eigenvalue weighted by atomic mass is 9.93. The molecule has 0 aromatic heterocycles. The summed E-state index contributed by atoms with van der Waals surface area (Å²) >= 11 is 2.47. The predicted octanol–water partition coefficient (Wildman–Crippen LogP) is 6.37. The van der Waals surface area contributed by atoms with Crippen molar-refractivity contribution in [1.82, 2.24) is 0 Å². The molecule has 2 aromatic rings. The Morgan fingerprint density at radius 3 is 2.38 bits per heavy atom. The Hall–Kier alpha value is -1.00. The van der Waals surface area contributed by atoms with Crippen molar-refractivity contribution in [3.05, 3.63) is 53.6 Å². The van der Waals surface area contributed by atoms with Gasteiger partial charge in [-0.25, -0.2) is 0 Å². The van der Waals surface area contributed by atoms with E-state index in [2.05, 4.69) is 54.6 Å². The molecule has 0 aliphatic carbocycles. The number of ether oxygens (including phenoxy) is 3. The predicted molar refractivity (Wildman–Crippen MR) is 120 cm³/mol. The van der Waals surface area contributed by atoms with Crippen molar-refractivity contribution < 1.29 is 14.2 Å². The molecule has 0 spiro atoms. The van der Waals surface area contributed by atoms with E-state index in [0.29, 0.717) is 6.61 Å². The minimum absolute atomic E-state index is 0.0454. The van der Waals surface area contributed by atoms with Crippen LogP contribution in [0.3, 0.4) is 0 Å². The van der Waals surface area contributed by atoms with Crippen LogP contribution in [-0.4, -0.2) is 18.4 Å². The van der Waals surface area contributed by atoms with E-state index in [-0.39, 0.29) is 5.16 Å². The number of benzene rings is 2. The Balaban J connectivity index is 2.48. The monoisotopic (exact) mass is 486 g/mol. The van der Waals surface area contributed by atoms with Gasteiger partial charge in [0.25, 0.3) is 0 Å². The lowest BCUT2D eigenvalue weighted by Gasteiger charge is -2.32. The van der Waals surface area contributed by atoms with Crippen molar-refractivity contribution in [2.45, 2.75) is 38.5 Å². The number of methoxy groups -OCH3 is 2. The summed E-state index contributed by atoms with van der Waals surface area (Å²) in [7, 11) is 4.18. The molecule has 142 valence electrons. The summed E-state index contributed by atoms with van der Waals surface area (Å²) < 4.78 is 18.6. The Kier molecular flexibility index (Phi) is 8.49. The van der Waals surface area contributed by atoms with Crippen molar-refractivity contribution in [1.29, 1.82) is 0 Å². The fourth-order valence-corrected chi connectivity index (χ4v) is 6.72. The van der Waals surface area contributed by atoms with E-state index >= 15 is 0 Å². The molecular weight excluding hydrogens is 458 g/mol. The molecule has 5 heteroatoms. The summed E-state index contributed by atoms with van der Waals surface area (Å²) in [4.78, 5) is 0. The standard InChI is InChI=1S/C21H28IO3P/c1-5-11-21(2,26-15-22)18-12-17(23-3)13-19(24-4)20(18)25-14-16-9-7-6-8-10-16/h6-10,12-13,26H,5,11,14-15H2,1-4H3. The van der Waals surface area contributed by atoms with Crippen LogP contribution in [0.4, 0.5) is 0 Å². The highest BCUT2D eigenvalue weighted by Gasteiger charge is 2.31. The maximum absolute atomic E-state index is 6.31. The summed E-state index contributed by atoms with van der Waals surface area (Å²) in [6.45, 7) is 5.08. The second kappa shape index (κ2) is 10.4. The van der Waals surface area contributed by atoms with Gasteiger partial charge in [0, 0.05) is 21.0 Å². The molecular formula is C21H28IO3P. The highest BCUT2D eigenvalue weighted by Crippen LogP contribution is 2.52. The Labute approximate surface area is 172 Å². The molecule has 0 fully saturated rings. The van der Waals surface area contributed by atoms with Crippen molar-refractivity contribution in [3.8, 4) is 17.2 Å². The Morgan fingerprint density at radius 2 is 1.81 bits per heavy atom. The van der Waals surface area contributed by atoms with E-state index in [1.165, 1.54) is 5.56 Å². The van der Waals surface area contributed by atoms with Crippen LogP contribution in [0.1, 0.15) is 37.8 Å². The second-order valence-electron chi connectivity index (χ2n) is 6.37. The van der Waals surface area contributed by atoms with Gasteiger partial charge in [-0.1, -0.05) is 73.2 Å². The van der Waals surface area contributed by atoms with Crippen LogP contribution in [-0.2, 0) is 11.8 Å². The number of halogens is 1. The van der Waals surface area contributed by atoms with Crippen LogP contribution in [0, 0.1) is 0 Å². The van der Waals surface area contributed by atoms with Gasteiger partial charge in [0.15, 0.2) is 11.5 Å². The van der Waals surface area contributed by atoms with E-state index in [9.17, 15) is 0 Å². The van der Waals surface area contributed by atoms with Gasteiger partial charge in [0.2, 0.25) is 0 Å². The zero-order valence-corrected chi connectivity index (χ0v) is 19.1. The van der Waals surface area contributed by atoms with Gasteiger partial charge in [0.1, 0.15) is 12.4 Å². The van der Waals surface area contributed by atoms with Crippen molar-refractivity contribution >= 4 is 31.2 Å². The quantitative estimate of drug-likeness (QED) is 0.222. The van der Waals surface area contributed by atoms with Gasteiger partial charge in [-0.3, -0.25) is 0 Å². The summed E-state index contributed by atoms with van der Waals surface area (Å²) in [5.74, 6) is 2.38. The topological polar surface area (TPSA) is 27.7 Å². The van der Waals surface area contributed by atoms with Gasteiger partial charge < -0.3 is 14.2 Å². The zero-order chi connectivity index (χ0) is 19.0. The highest BCUT2D eigenvalue weighted by molar-refractivity contribution is 14.1. The molecule has 0 N–H and O–H groups in total. The van der Waals surface area contributed by atoms with Crippen LogP contribution >= 0.6 is 31.2 Å². The van der Waals surface area contributed by atoms with E-state index in [1.54, 1.807) is 14.2 Å². The normalized spacial score (nSPS) is 13.6. The molecule has 0 radical (unpaired) electrons. The van der Waals surface area contributed by atoms with Crippen LogP contribution in [0.15, 0.2) is 42.5 Å². The first-order chi connectivity index (χ1) is 12.6. The van der Waals surface area contributed by atoms with Crippen LogP contribution in [0.5, 0.6) is 17.2 Å². The third kappa shape index (κ3) is 5.26. The van der Waals surface area contributed by atoms with Gasteiger partial charge in [0.05, 0.1) is 14.2 Å². The molecule has 2 atom stereocenters. The maximum atomic E-state index is 6.31. The number of rotatable bonds is 10.